The Morgan fingerprint density at radius 2 is 1.88 bits per heavy atom. The van der Waals surface area contributed by atoms with Crippen molar-refractivity contribution in [3.05, 3.63) is 29.3 Å². The second kappa shape index (κ2) is 8.89. The van der Waals surface area contributed by atoms with Gasteiger partial charge in [0, 0.05) is 32.4 Å². The molecule has 0 N–H and O–H groups in total. The highest BCUT2D eigenvalue weighted by molar-refractivity contribution is 5.79. The minimum atomic E-state index is -0.447. The molecule has 4 rings (SSSR count). The largest absolute Gasteiger partial charge is 0.374 e. The van der Waals surface area contributed by atoms with Crippen molar-refractivity contribution in [2.45, 2.75) is 104 Å². The summed E-state index contributed by atoms with van der Waals surface area (Å²) in [5, 5.41) is 0. The lowest BCUT2D eigenvalue weighted by Crippen LogP contribution is -2.27. The highest BCUT2D eigenvalue weighted by Gasteiger charge is 2.44. The summed E-state index contributed by atoms with van der Waals surface area (Å²) in [7, 11) is 1.73. The van der Waals surface area contributed by atoms with Crippen molar-refractivity contribution >= 4 is 16.8 Å². The van der Waals surface area contributed by atoms with Gasteiger partial charge < -0.3 is 9.30 Å². The van der Waals surface area contributed by atoms with Crippen molar-refractivity contribution in [3.8, 4) is 0 Å². The highest BCUT2D eigenvalue weighted by Crippen LogP contribution is 2.48. The first kappa shape index (κ1) is 23.4. The molecule has 0 amide bonds. The number of halogens is 1. The number of carbonyl (C=O) groups is 1. The van der Waals surface area contributed by atoms with E-state index in [9.17, 15) is 4.79 Å². The molecule has 0 spiro atoms. The average molecular weight is 443 g/mol. The van der Waals surface area contributed by atoms with Crippen LogP contribution in [-0.4, -0.2) is 22.4 Å². The smallest absolute Gasteiger partial charge is 0.151 e. The number of unbranched alkanes of at least 4 members (excludes halogenated alkanes) is 1. The number of rotatable bonds is 10. The van der Waals surface area contributed by atoms with Crippen LogP contribution in [0.5, 0.6) is 0 Å². The van der Waals surface area contributed by atoms with Gasteiger partial charge in [-0.1, -0.05) is 20.8 Å². The van der Waals surface area contributed by atoms with Crippen LogP contribution in [0.2, 0.25) is 0 Å². The Bertz CT molecular complexity index is 982. The van der Waals surface area contributed by atoms with Crippen LogP contribution in [0.4, 0.5) is 4.39 Å². The summed E-state index contributed by atoms with van der Waals surface area (Å²) in [5.41, 5.74) is 1.91. The third-order valence-corrected chi connectivity index (χ3v) is 7.45. The molecule has 1 heterocycles. The van der Waals surface area contributed by atoms with Crippen molar-refractivity contribution < 1.29 is 13.9 Å². The molecule has 0 saturated heterocycles. The molecular formula is C27H39FN2O2. The molecule has 4 nitrogen and oxygen atoms in total. The number of Topliss-reactive ketones (excluding diaryl/α,β-unsaturated/α-hetero) is 1. The Morgan fingerprint density at radius 1 is 1.16 bits per heavy atom. The fourth-order valence-electron chi connectivity index (χ4n) is 5.16. The van der Waals surface area contributed by atoms with Crippen molar-refractivity contribution in [2.75, 3.05) is 7.11 Å². The Labute approximate surface area is 191 Å². The van der Waals surface area contributed by atoms with E-state index in [4.69, 9.17) is 9.72 Å². The summed E-state index contributed by atoms with van der Waals surface area (Å²) in [6.07, 6.45) is 9.51. The van der Waals surface area contributed by atoms with E-state index < -0.39 is 5.60 Å². The van der Waals surface area contributed by atoms with Gasteiger partial charge in [-0.05, 0) is 80.9 Å². The SMILES string of the molecule is COC(C)(c1cc(F)c2nc(CCCCC(=O)CC(C)(C)C)n(C3CCC3)c2c1)C1CC1. The molecule has 1 unspecified atom stereocenters. The fourth-order valence-corrected chi connectivity index (χ4v) is 5.16. The lowest BCUT2D eigenvalue weighted by molar-refractivity contribution is -0.120. The first-order valence-corrected chi connectivity index (χ1v) is 12.4. The molecule has 0 bridgehead atoms. The van der Waals surface area contributed by atoms with E-state index in [-0.39, 0.29) is 11.2 Å². The minimum absolute atomic E-state index is 0.0433. The second-order valence-electron chi connectivity index (χ2n) is 11.4. The maximum absolute atomic E-state index is 15.3. The third kappa shape index (κ3) is 4.78. The lowest BCUT2D eigenvalue weighted by atomic mass is 9.88. The van der Waals surface area contributed by atoms with Crippen LogP contribution < -0.4 is 0 Å². The van der Waals surface area contributed by atoms with Crippen LogP contribution in [0, 0.1) is 17.2 Å². The van der Waals surface area contributed by atoms with Crippen LogP contribution in [-0.2, 0) is 21.6 Å². The normalized spacial score (nSPS) is 19.2. The first-order valence-electron chi connectivity index (χ1n) is 12.4. The van der Waals surface area contributed by atoms with Crippen LogP contribution in [0.25, 0.3) is 11.0 Å². The van der Waals surface area contributed by atoms with Gasteiger partial charge in [0.25, 0.3) is 0 Å². The number of hydrogen-bond donors (Lipinski definition) is 0. The molecule has 0 radical (unpaired) electrons. The summed E-state index contributed by atoms with van der Waals surface area (Å²) in [6, 6.07) is 4.17. The van der Waals surface area contributed by atoms with E-state index >= 15 is 4.39 Å². The maximum Gasteiger partial charge on any atom is 0.151 e. The number of ketones is 1. The third-order valence-electron chi connectivity index (χ3n) is 7.45. The zero-order chi connectivity index (χ0) is 23.1. The summed E-state index contributed by atoms with van der Waals surface area (Å²) in [5.74, 6) is 1.50. The number of benzene rings is 1. The number of imidazole rings is 1. The van der Waals surface area contributed by atoms with E-state index in [0.29, 0.717) is 36.1 Å². The van der Waals surface area contributed by atoms with E-state index in [1.54, 1.807) is 13.2 Å². The molecule has 1 atom stereocenters. The van der Waals surface area contributed by atoms with Crippen LogP contribution >= 0.6 is 0 Å². The number of methoxy groups -OCH3 is 1. The lowest BCUT2D eigenvalue weighted by Gasteiger charge is -2.31. The number of aromatic nitrogens is 2. The Balaban J connectivity index is 1.56. The summed E-state index contributed by atoms with van der Waals surface area (Å²) in [6.45, 7) is 8.40. The standard InChI is InChI=1S/C27H39FN2O2/c1-26(2,3)17-21(31)11-6-7-12-24-29-25-22(28)15-19(27(4,32-5)18-13-14-18)16-23(25)30(24)20-9-8-10-20/h15-16,18,20H,6-14,17H2,1-5H3. The second-order valence-corrected chi connectivity index (χ2v) is 11.4. The average Bonchev–Trinajstić information content (AvgIpc) is 3.46. The van der Waals surface area contributed by atoms with Gasteiger partial charge in [-0.25, -0.2) is 9.37 Å². The quantitative estimate of drug-likeness (QED) is 0.376. The van der Waals surface area contributed by atoms with Crippen molar-refractivity contribution in [1.29, 1.82) is 0 Å². The van der Waals surface area contributed by atoms with Crippen molar-refractivity contribution in [2.24, 2.45) is 11.3 Å². The monoisotopic (exact) mass is 442 g/mol. The molecule has 2 fully saturated rings. The van der Waals surface area contributed by atoms with E-state index in [1.165, 1.54) is 6.42 Å². The molecule has 0 aliphatic heterocycles. The Morgan fingerprint density at radius 3 is 2.44 bits per heavy atom. The van der Waals surface area contributed by atoms with E-state index in [1.807, 2.05) is 0 Å². The molecule has 2 aromatic rings. The van der Waals surface area contributed by atoms with E-state index in [0.717, 1.165) is 61.9 Å². The zero-order valence-corrected chi connectivity index (χ0v) is 20.5. The van der Waals surface area contributed by atoms with Gasteiger partial charge in [0.15, 0.2) is 5.82 Å². The van der Waals surface area contributed by atoms with Gasteiger partial charge in [-0.3, -0.25) is 4.79 Å². The molecular weight excluding hydrogens is 403 g/mol. The molecule has 5 heteroatoms. The molecule has 176 valence electrons. The number of nitrogens with zero attached hydrogens (tertiary/aromatic N) is 2. The van der Waals surface area contributed by atoms with Gasteiger partial charge in [0.2, 0.25) is 0 Å². The maximum atomic E-state index is 15.3. The Kier molecular flexibility index (Phi) is 6.50. The minimum Gasteiger partial charge on any atom is -0.374 e. The summed E-state index contributed by atoms with van der Waals surface area (Å²) >= 11 is 0. The summed E-state index contributed by atoms with van der Waals surface area (Å²) in [4.78, 5) is 17.0. The van der Waals surface area contributed by atoms with Gasteiger partial charge in [0.1, 0.15) is 17.1 Å². The molecule has 1 aromatic heterocycles. The van der Waals surface area contributed by atoms with Crippen LogP contribution in [0.3, 0.4) is 0 Å². The fraction of sp³-hybridized carbons (Fsp3) is 0.704. The van der Waals surface area contributed by atoms with Gasteiger partial charge in [-0.2, -0.15) is 0 Å². The molecule has 2 aliphatic carbocycles. The van der Waals surface area contributed by atoms with Crippen LogP contribution in [0.15, 0.2) is 12.1 Å². The van der Waals surface area contributed by atoms with E-state index in [2.05, 4.69) is 38.3 Å². The Hall–Kier alpha value is -1.75. The highest BCUT2D eigenvalue weighted by atomic mass is 19.1. The first-order chi connectivity index (χ1) is 15.1. The predicted octanol–water partition coefficient (Wildman–Crippen LogP) is 6.89. The number of aryl methyl sites for hydroxylation is 1. The van der Waals surface area contributed by atoms with Gasteiger partial charge in [-0.15, -0.1) is 0 Å². The topological polar surface area (TPSA) is 44.1 Å². The van der Waals surface area contributed by atoms with Gasteiger partial charge in [0.05, 0.1) is 11.1 Å². The zero-order valence-electron chi connectivity index (χ0n) is 20.5. The number of hydrogen-bond acceptors (Lipinski definition) is 3. The summed E-state index contributed by atoms with van der Waals surface area (Å²) < 4.78 is 23.5. The molecule has 2 saturated carbocycles. The number of ether oxygens (including phenoxy) is 1. The predicted molar refractivity (Wildman–Crippen MR) is 126 cm³/mol. The molecule has 2 aliphatic rings. The van der Waals surface area contributed by atoms with Crippen LogP contribution in [0.1, 0.15) is 103 Å². The number of fused-ring (bicyclic) bond motifs is 1. The van der Waals surface area contributed by atoms with Crippen molar-refractivity contribution in [3.63, 3.8) is 0 Å². The number of carbonyl (C=O) groups excluding carboxylic acids is 1. The molecule has 32 heavy (non-hydrogen) atoms. The molecule has 1 aromatic carbocycles. The van der Waals surface area contributed by atoms with Crippen molar-refractivity contribution in [1.82, 2.24) is 9.55 Å². The van der Waals surface area contributed by atoms with Gasteiger partial charge >= 0.3 is 0 Å².